The van der Waals surface area contributed by atoms with Gasteiger partial charge in [-0.3, -0.25) is 14.5 Å². The SMILES string of the molecule is CN(C(=O)c1cc2c(C(F)F)cccc2[nH]1)C1CN(C(=O)OC(C)(C)C)Cc2[nH]c(=O)c3cc(F)c(F)cc3c21. The molecule has 0 aliphatic carbocycles. The van der Waals surface area contributed by atoms with Crippen LogP contribution in [0.2, 0.25) is 0 Å². The van der Waals surface area contributed by atoms with E-state index in [1.165, 1.54) is 35.0 Å². The zero-order valence-electron chi connectivity index (χ0n) is 22.1. The summed E-state index contributed by atoms with van der Waals surface area (Å²) < 4.78 is 61.1. The van der Waals surface area contributed by atoms with Gasteiger partial charge < -0.3 is 19.6 Å². The number of fused-ring (bicyclic) bond motifs is 4. The first-order valence-corrected chi connectivity index (χ1v) is 12.4. The van der Waals surface area contributed by atoms with Crippen LogP contribution in [-0.4, -0.2) is 51.0 Å². The number of amides is 2. The summed E-state index contributed by atoms with van der Waals surface area (Å²) in [5.74, 6) is -3.00. The van der Waals surface area contributed by atoms with Gasteiger partial charge >= 0.3 is 6.09 Å². The maximum atomic E-state index is 14.4. The number of halogens is 4. The number of H-pyrrole nitrogens is 2. The van der Waals surface area contributed by atoms with E-state index in [1.807, 2.05) is 0 Å². The molecule has 3 heterocycles. The van der Waals surface area contributed by atoms with E-state index in [0.29, 0.717) is 11.1 Å². The molecule has 2 aromatic heterocycles. The number of aromatic nitrogens is 2. The first-order chi connectivity index (χ1) is 18.7. The summed E-state index contributed by atoms with van der Waals surface area (Å²) in [6.45, 7) is 4.84. The van der Waals surface area contributed by atoms with Gasteiger partial charge in [-0.1, -0.05) is 12.1 Å². The number of likely N-dealkylation sites (N-methyl/N-ethyl adjacent to an activating group) is 1. The minimum atomic E-state index is -2.76. The standard InChI is InChI=1S/C28H26F4N4O4/c1-28(2,3)40-27(39)36-11-21-23(15-8-17(29)18(30)9-16(15)25(37)34-21)22(12-36)35(4)26(38)20-10-14-13(24(31)32)6-5-7-19(14)33-20/h5-10,22,24,33H,11-12H2,1-4H3,(H,34,37). The smallest absolute Gasteiger partial charge is 0.410 e. The largest absolute Gasteiger partial charge is 0.444 e. The summed E-state index contributed by atoms with van der Waals surface area (Å²) in [5.41, 5.74) is -0.875. The van der Waals surface area contributed by atoms with Crippen LogP contribution in [0.3, 0.4) is 0 Å². The lowest BCUT2D eigenvalue weighted by molar-refractivity contribution is 0.0142. The number of carbonyl (C=O) groups excluding carboxylic acids is 2. The van der Waals surface area contributed by atoms with Gasteiger partial charge in [0, 0.05) is 41.3 Å². The van der Waals surface area contributed by atoms with Gasteiger partial charge in [0.05, 0.1) is 18.0 Å². The Hall–Kier alpha value is -4.35. The molecule has 0 saturated heterocycles. The third kappa shape index (κ3) is 4.78. The van der Waals surface area contributed by atoms with Crippen molar-refractivity contribution < 1.29 is 31.9 Å². The molecular formula is C28H26F4N4O4. The fraction of sp³-hybridized carbons (Fsp3) is 0.321. The van der Waals surface area contributed by atoms with E-state index in [2.05, 4.69) is 9.97 Å². The number of carbonyl (C=O) groups is 2. The highest BCUT2D eigenvalue weighted by Crippen LogP contribution is 2.36. The van der Waals surface area contributed by atoms with Crippen LogP contribution in [0.15, 0.2) is 41.2 Å². The van der Waals surface area contributed by atoms with Gasteiger partial charge in [-0.2, -0.15) is 0 Å². The monoisotopic (exact) mass is 558 g/mol. The van der Waals surface area contributed by atoms with E-state index in [-0.39, 0.29) is 46.2 Å². The van der Waals surface area contributed by atoms with Crippen molar-refractivity contribution >= 4 is 33.7 Å². The molecule has 4 aromatic rings. The van der Waals surface area contributed by atoms with Gasteiger partial charge in [0.15, 0.2) is 11.6 Å². The summed E-state index contributed by atoms with van der Waals surface area (Å²) in [4.78, 5) is 47.6. The highest BCUT2D eigenvalue weighted by atomic mass is 19.3. The highest BCUT2D eigenvalue weighted by Gasteiger charge is 2.37. The van der Waals surface area contributed by atoms with E-state index in [4.69, 9.17) is 4.74 Å². The lowest BCUT2D eigenvalue weighted by atomic mass is 9.92. The Morgan fingerprint density at radius 1 is 1.05 bits per heavy atom. The van der Waals surface area contributed by atoms with E-state index in [9.17, 15) is 31.9 Å². The average molecular weight is 559 g/mol. The maximum absolute atomic E-state index is 14.4. The molecule has 2 aromatic carbocycles. The van der Waals surface area contributed by atoms with Crippen molar-refractivity contribution in [1.29, 1.82) is 0 Å². The van der Waals surface area contributed by atoms with Crippen LogP contribution in [0.1, 0.15) is 60.5 Å². The van der Waals surface area contributed by atoms with Gasteiger partial charge in [-0.05, 0) is 50.4 Å². The Labute approximate surface area is 225 Å². The molecule has 1 aliphatic rings. The normalized spacial score (nSPS) is 15.5. The van der Waals surface area contributed by atoms with Crippen LogP contribution in [0.5, 0.6) is 0 Å². The number of rotatable bonds is 3. The van der Waals surface area contributed by atoms with Crippen LogP contribution >= 0.6 is 0 Å². The molecule has 2 amide bonds. The fourth-order valence-corrected chi connectivity index (χ4v) is 5.05. The van der Waals surface area contributed by atoms with E-state index in [1.54, 1.807) is 26.8 Å². The van der Waals surface area contributed by atoms with Crippen molar-refractivity contribution in [2.75, 3.05) is 13.6 Å². The quantitative estimate of drug-likeness (QED) is 0.311. The number of hydrogen-bond donors (Lipinski definition) is 2. The Kier molecular flexibility index (Phi) is 6.59. The van der Waals surface area contributed by atoms with E-state index in [0.717, 1.165) is 12.1 Å². The van der Waals surface area contributed by atoms with Crippen molar-refractivity contribution in [3.05, 3.63) is 80.9 Å². The predicted molar refractivity (Wildman–Crippen MR) is 139 cm³/mol. The van der Waals surface area contributed by atoms with Crippen LogP contribution in [0, 0.1) is 11.6 Å². The molecule has 1 unspecified atom stereocenters. The van der Waals surface area contributed by atoms with Gasteiger partial charge in [0.2, 0.25) is 0 Å². The minimum Gasteiger partial charge on any atom is -0.444 e. The molecule has 40 heavy (non-hydrogen) atoms. The zero-order valence-corrected chi connectivity index (χ0v) is 22.1. The van der Waals surface area contributed by atoms with Gasteiger partial charge in [0.1, 0.15) is 11.3 Å². The average Bonchev–Trinajstić information content (AvgIpc) is 3.31. The molecule has 0 bridgehead atoms. The summed E-state index contributed by atoms with van der Waals surface area (Å²) in [7, 11) is 1.44. The zero-order chi connectivity index (χ0) is 29.1. The molecule has 1 aliphatic heterocycles. The van der Waals surface area contributed by atoms with E-state index < -0.39 is 47.3 Å². The number of ether oxygens (including phenoxy) is 1. The Balaban J connectivity index is 1.63. The number of aromatic amines is 2. The molecular weight excluding hydrogens is 532 g/mol. The van der Waals surface area contributed by atoms with Crippen molar-refractivity contribution in [2.45, 2.75) is 45.4 Å². The second kappa shape index (κ2) is 9.68. The number of hydrogen-bond acceptors (Lipinski definition) is 4. The summed E-state index contributed by atoms with van der Waals surface area (Å²) in [6, 6.07) is 6.33. The lowest BCUT2D eigenvalue weighted by Gasteiger charge is -2.39. The van der Waals surface area contributed by atoms with Gasteiger partial charge in [0.25, 0.3) is 17.9 Å². The van der Waals surface area contributed by atoms with Crippen molar-refractivity contribution in [3.63, 3.8) is 0 Å². The molecule has 0 radical (unpaired) electrons. The van der Waals surface area contributed by atoms with Crippen LogP contribution < -0.4 is 5.56 Å². The fourth-order valence-electron chi connectivity index (χ4n) is 5.05. The van der Waals surface area contributed by atoms with Crippen LogP contribution in [0.25, 0.3) is 21.7 Å². The molecule has 0 saturated carbocycles. The van der Waals surface area contributed by atoms with Gasteiger partial charge in [-0.15, -0.1) is 0 Å². The van der Waals surface area contributed by atoms with Crippen LogP contribution in [-0.2, 0) is 11.3 Å². The first-order valence-electron chi connectivity index (χ1n) is 12.4. The molecule has 5 rings (SSSR count). The third-order valence-electron chi connectivity index (χ3n) is 6.86. The van der Waals surface area contributed by atoms with Gasteiger partial charge in [-0.25, -0.2) is 22.4 Å². The summed E-state index contributed by atoms with van der Waals surface area (Å²) >= 11 is 0. The van der Waals surface area contributed by atoms with Crippen LogP contribution in [0.4, 0.5) is 22.4 Å². The predicted octanol–water partition coefficient (Wildman–Crippen LogP) is 5.79. The number of alkyl halides is 2. The molecule has 1 atom stereocenters. The summed E-state index contributed by atoms with van der Waals surface area (Å²) in [5, 5.41) is 0.144. The number of pyridine rings is 1. The van der Waals surface area contributed by atoms with E-state index >= 15 is 0 Å². The highest BCUT2D eigenvalue weighted by molar-refractivity contribution is 5.99. The molecule has 0 fully saturated rings. The lowest BCUT2D eigenvalue weighted by Crippen LogP contribution is -2.47. The Bertz CT molecular complexity index is 1720. The van der Waals surface area contributed by atoms with Crippen molar-refractivity contribution in [3.8, 4) is 0 Å². The van der Waals surface area contributed by atoms with Crippen molar-refractivity contribution in [2.24, 2.45) is 0 Å². The topological polar surface area (TPSA) is 98.5 Å². The van der Waals surface area contributed by atoms with Crippen molar-refractivity contribution in [1.82, 2.24) is 19.8 Å². The molecule has 0 spiro atoms. The maximum Gasteiger partial charge on any atom is 0.410 e. The second-order valence-corrected chi connectivity index (χ2v) is 10.7. The Morgan fingerprint density at radius 2 is 1.73 bits per heavy atom. The Morgan fingerprint density at radius 3 is 2.38 bits per heavy atom. The molecule has 2 N–H and O–H groups in total. The minimum absolute atomic E-state index is 0.00694. The molecule has 210 valence electrons. The summed E-state index contributed by atoms with van der Waals surface area (Å²) in [6.07, 6.45) is -3.46. The second-order valence-electron chi connectivity index (χ2n) is 10.7. The first kappa shape index (κ1) is 27.2. The molecule has 8 nitrogen and oxygen atoms in total. The number of nitrogens with zero attached hydrogens (tertiary/aromatic N) is 2. The number of nitrogens with one attached hydrogen (secondary N) is 2. The molecule has 12 heteroatoms. The number of benzene rings is 2. The third-order valence-corrected chi connectivity index (χ3v) is 6.86.